The molecule has 18 nitrogen and oxygen atoms in total. The summed E-state index contributed by atoms with van der Waals surface area (Å²) in [4.78, 5) is 32.0. The molecule has 0 aliphatic heterocycles. The number of H-pyrrole nitrogens is 4. The molecule has 0 saturated heterocycles. The zero-order chi connectivity index (χ0) is 25.5. The maximum Gasteiger partial charge on any atom is 0.362 e. The summed E-state index contributed by atoms with van der Waals surface area (Å²) in [6, 6.07) is -1.16. The predicted molar refractivity (Wildman–Crippen MR) is 91.7 cm³/mol. The van der Waals surface area contributed by atoms with E-state index in [-0.39, 0.29) is 0 Å². The van der Waals surface area contributed by atoms with E-state index in [1.807, 2.05) is 0 Å². The quantitative estimate of drug-likeness (QED) is 0.157. The molecule has 184 valence electrons. The molecule has 0 aromatic carbocycles. The highest BCUT2D eigenvalue weighted by atomic mass is 32.3. The molecule has 0 fully saturated rings. The average Bonchev–Trinajstić information content (AvgIpc) is 3.26. The van der Waals surface area contributed by atoms with E-state index >= 15 is 0 Å². The SMILES string of the molecule is O=S(=O)([O-])[O-].O=S(=O)([O-])[O-].[NH3+][C@@H](Cc1c[nH+]c[nH]1)C(=O)O.[NH3+][C@@H](Cc1c[nH+]c[nH]1)C(=O)O. The van der Waals surface area contributed by atoms with Crippen LogP contribution < -0.4 is 21.4 Å². The zero-order valence-electron chi connectivity index (χ0n) is 16.1. The Bertz CT molecular complexity index is 893. The van der Waals surface area contributed by atoms with Crippen molar-refractivity contribution in [2.75, 3.05) is 0 Å². The van der Waals surface area contributed by atoms with Gasteiger partial charge in [-0.15, -0.1) is 0 Å². The molecule has 0 spiro atoms. The van der Waals surface area contributed by atoms with Gasteiger partial charge in [0.05, 0.1) is 12.8 Å². The Balaban J connectivity index is 0. The number of hydrogen-bond donors (Lipinski definition) is 6. The minimum Gasteiger partial charge on any atom is -0.759 e. The third-order valence-electron chi connectivity index (χ3n) is 2.83. The van der Waals surface area contributed by atoms with Crippen LogP contribution in [0.3, 0.4) is 0 Å². The van der Waals surface area contributed by atoms with Gasteiger partial charge in [0.15, 0.2) is 12.1 Å². The minimum atomic E-state index is -5.17. The Morgan fingerprint density at radius 1 is 0.812 bits per heavy atom. The number of aliphatic carboxylic acids is 2. The van der Waals surface area contributed by atoms with E-state index in [4.69, 9.17) is 45.3 Å². The second-order valence-corrected chi connectivity index (χ2v) is 7.18. The molecule has 0 unspecified atom stereocenters. The van der Waals surface area contributed by atoms with E-state index in [0.29, 0.717) is 12.8 Å². The number of aromatic nitrogens is 4. The average molecular weight is 506 g/mol. The molecule has 0 aliphatic rings. The number of rotatable bonds is 6. The first-order chi connectivity index (χ1) is 14.4. The maximum atomic E-state index is 10.3. The summed E-state index contributed by atoms with van der Waals surface area (Å²) in [6.45, 7) is 0. The molecule has 2 atom stereocenters. The number of quaternary nitrogens is 2. The molecule has 0 bridgehead atoms. The summed E-state index contributed by atoms with van der Waals surface area (Å²) in [5.41, 5.74) is 8.67. The Morgan fingerprint density at radius 2 is 1.06 bits per heavy atom. The van der Waals surface area contributed by atoms with Crippen LogP contribution in [0.5, 0.6) is 0 Å². The Morgan fingerprint density at radius 3 is 1.22 bits per heavy atom. The van der Waals surface area contributed by atoms with Gasteiger partial charge in [-0.1, -0.05) is 0 Å². The van der Waals surface area contributed by atoms with Gasteiger partial charge in [0.2, 0.25) is 12.7 Å². The molecule has 32 heavy (non-hydrogen) atoms. The molecule has 12 N–H and O–H groups in total. The monoisotopic (exact) mass is 506 g/mol. The van der Waals surface area contributed by atoms with Crippen LogP contribution in [0, 0.1) is 0 Å². The van der Waals surface area contributed by atoms with E-state index in [0.717, 1.165) is 11.4 Å². The molecular weight excluding hydrogens is 484 g/mol. The number of aromatic amines is 4. The number of carboxylic acids is 2. The Labute approximate surface area is 180 Å². The second kappa shape index (κ2) is 14.9. The van der Waals surface area contributed by atoms with Crippen molar-refractivity contribution in [2.45, 2.75) is 24.9 Å². The van der Waals surface area contributed by atoms with Gasteiger partial charge in [-0.3, -0.25) is 26.8 Å². The van der Waals surface area contributed by atoms with Crippen LogP contribution in [-0.4, -0.2) is 79.2 Å². The minimum absolute atomic E-state index is 0.429. The highest BCUT2D eigenvalue weighted by molar-refractivity contribution is 7.79. The fourth-order valence-corrected chi connectivity index (χ4v) is 1.58. The van der Waals surface area contributed by atoms with Gasteiger partial charge >= 0.3 is 11.9 Å². The van der Waals surface area contributed by atoms with Crippen LogP contribution in [0.25, 0.3) is 0 Å². The fourth-order valence-electron chi connectivity index (χ4n) is 1.58. The first-order valence-electron chi connectivity index (χ1n) is 7.92. The summed E-state index contributed by atoms with van der Waals surface area (Å²) < 4.78 is 68.2. The Kier molecular flexibility index (Phi) is 14.6. The van der Waals surface area contributed by atoms with Crippen molar-refractivity contribution in [1.82, 2.24) is 9.97 Å². The smallest absolute Gasteiger partial charge is 0.362 e. The van der Waals surface area contributed by atoms with Crippen molar-refractivity contribution in [3.05, 3.63) is 36.4 Å². The van der Waals surface area contributed by atoms with Crippen molar-refractivity contribution in [3.63, 3.8) is 0 Å². The molecule has 0 aliphatic carbocycles. The van der Waals surface area contributed by atoms with Crippen molar-refractivity contribution >= 4 is 32.7 Å². The number of nitrogens with one attached hydrogen (secondary N) is 4. The first kappa shape index (κ1) is 31.2. The lowest BCUT2D eigenvalue weighted by Crippen LogP contribution is -2.66. The van der Waals surface area contributed by atoms with Crippen molar-refractivity contribution in [3.8, 4) is 0 Å². The number of carboxylic acid groups (broad SMARTS) is 2. The summed E-state index contributed by atoms with van der Waals surface area (Å²) in [7, 11) is -10.3. The fraction of sp³-hybridized carbons (Fsp3) is 0.333. The highest BCUT2D eigenvalue weighted by Gasteiger charge is 2.19. The van der Waals surface area contributed by atoms with Gasteiger partial charge in [0, 0.05) is 20.8 Å². The summed E-state index contributed by atoms with van der Waals surface area (Å²) >= 11 is 0. The van der Waals surface area contributed by atoms with E-state index in [2.05, 4.69) is 31.4 Å². The van der Waals surface area contributed by atoms with Crippen LogP contribution in [0.2, 0.25) is 0 Å². The number of imidazole rings is 2. The third-order valence-corrected chi connectivity index (χ3v) is 2.83. The van der Waals surface area contributed by atoms with Gasteiger partial charge < -0.3 is 39.9 Å². The van der Waals surface area contributed by atoms with Crippen molar-refractivity contribution < 1.29 is 76.3 Å². The largest absolute Gasteiger partial charge is 0.759 e. The molecule has 2 aromatic rings. The second-order valence-electron chi connectivity index (χ2n) is 5.54. The highest BCUT2D eigenvalue weighted by Crippen LogP contribution is 1.92. The summed E-state index contributed by atoms with van der Waals surface area (Å²) in [5.74, 6) is -1.75. The maximum absolute atomic E-state index is 10.3. The van der Waals surface area contributed by atoms with Gasteiger partial charge in [-0.05, 0) is 0 Å². The molecule has 0 saturated carbocycles. The van der Waals surface area contributed by atoms with E-state index in [9.17, 15) is 9.59 Å². The van der Waals surface area contributed by atoms with Gasteiger partial charge in [0.1, 0.15) is 23.8 Å². The lowest BCUT2D eigenvalue weighted by atomic mass is 10.2. The molecule has 2 rings (SSSR count). The molecule has 20 heteroatoms. The van der Waals surface area contributed by atoms with Crippen molar-refractivity contribution in [2.24, 2.45) is 0 Å². The topological polar surface area (TPSA) is 350 Å². The van der Waals surface area contributed by atoms with Crippen LogP contribution in [0.1, 0.15) is 11.4 Å². The lowest BCUT2D eigenvalue weighted by Gasteiger charge is -2.06. The Hall–Kier alpha value is -2.98. The normalized spacial score (nSPS) is 12.4. The van der Waals surface area contributed by atoms with Gasteiger partial charge in [0.25, 0.3) is 0 Å². The van der Waals surface area contributed by atoms with E-state index < -0.39 is 44.8 Å². The summed E-state index contributed by atoms with van der Waals surface area (Å²) in [5, 5.41) is 17.0. The van der Waals surface area contributed by atoms with E-state index in [1.165, 1.54) is 0 Å². The number of hydrogen-bond acceptors (Lipinski definition) is 10. The van der Waals surface area contributed by atoms with Crippen LogP contribution >= 0.6 is 0 Å². The molecule has 2 heterocycles. The zero-order valence-corrected chi connectivity index (χ0v) is 17.7. The van der Waals surface area contributed by atoms with Gasteiger partial charge in [-0.25, -0.2) is 19.6 Å². The lowest BCUT2D eigenvalue weighted by molar-refractivity contribution is -0.408. The molecular formula is C12H22N6O12S2. The van der Waals surface area contributed by atoms with Gasteiger partial charge in [-0.2, -0.15) is 0 Å². The molecule has 0 amide bonds. The summed E-state index contributed by atoms with van der Waals surface area (Å²) in [6.07, 6.45) is 7.59. The van der Waals surface area contributed by atoms with Crippen LogP contribution in [0.15, 0.2) is 25.0 Å². The first-order valence-corrected chi connectivity index (χ1v) is 10.6. The predicted octanol–water partition coefficient (Wildman–Crippen LogP) is -6.54. The molecule has 0 radical (unpaired) electrons. The molecule has 2 aromatic heterocycles. The number of carbonyl (C=O) groups is 2. The standard InChI is InChI=1S/2C6H9N3O2.2H2O4S/c2*7-5(6(10)11)1-4-2-8-3-9-4;2*1-5(2,3)4/h2*2-3,5H,1,7H2,(H,8,9)(H,10,11);2*(H2,1,2,3,4)/t2*5-;;/m00../s1. The third kappa shape index (κ3) is 25.1. The van der Waals surface area contributed by atoms with Crippen LogP contribution in [-0.2, 0) is 43.2 Å². The van der Waals surface area contributed by atoms with Crippen LogP contribution in [0.4, 0.5) is 0 Å². The van der Waals surface area contributed by atoms with Crippen molar-refractivity contribution in [1.29, 1.82) is 0 Å². The van der Waals surface area contributed by atoms with E-state index in [1.54, 1.807) is 25.0 Å².